The predicted molar refractivity (Wildman–Crippen MR) is 61.1 cm³/mol. The van der Waals surface area contributed by atoms with Crippen LogP contribution in [0.2, 0.25) is 0 Å². The second kappa shape index (κ2) is 5.25. The van der Waals surface area contributed by atoms with Gasteiger partial charge < -0.3 is 5.32 Å². The first-order valence-electron chi connectivity index (χ1n) is 5.83. The Labute approximate surface area is 103 Å². The molecule has 1 fully saturated rings. The summed E-state index contributed by atoms with van der Waals surface area (Å²) in [4.78, 5) is 22.8. The standard InChI is InChI=1S/C13H13F2NO2/c14-9-5-8(6-10(15)7-9)13(18)16-11-1-3-12(17)4-2-11/h5-7,11H,1-4H2,(H,16,18). The number of hydrogen-bond donors (Lipinski definition) is 1. The molecule has 0 heterocycles. The minimum atomic E-state index is -0.779. The fraction of sp³-hybridized carbons (Fsp3) is 0.385. The highest BCUT2D eigenvalue weighted by molar-refractivity contribution is 5.94. The molecule has 0 saturated heterocycles. The minimum Gasteiger partial charge on any atom is -0.349 e. The number of nitrogens with one attached hydrogen (secondary N) is 1. The smallest absolute Gasteiger partial charge is 0.251 e. The van der Waals surface area contributed by atoms with E-state index < -0.39 is 17.5 Å². The monoisotopic (exact) mass is 253 g/mol. The molecule has 1 aromatic carbocycles. The van der Waals surface area contributed by atoms with Crippen molar-refractivity contribution in [2.24, 2.45) is 0 Å². The van der Waals surface area contributed by atoms with E-state index in [1.165, 1.54) is 0 Å². The molecule has 1 amide bonds. The normalized spacial score (nSPS) is 16.7. The fourth-order valence-corrected chi connectivity index (χ4v) is 2.04. The topological polar surface area (TPSA) is 46.2 Å². The first kappa shape index (κ1) is 12.7. The Morgan fingerprint density at radius 3 is 2.22 bits per heavy atom. The molecule has 0 unspecified atom stereocenters. The van der Waals surface area contributed by atoms with Gasteiger partial charge in [-0.1, -0.05) is 0 Å². The number of Topliss-reactive ketones (excluding diaryl/α,β-unsaturated/α-hetero) is 1. The first-order chi connectivity index (χ1) is 8.54. The summed E-state index contributed by atoms with van der Waals surface area (Å²) in [6.07, 6.45) is 2.07. The van der Waals surface area contributed by atoms with Crippen molar-refractivity contribution < 1.29 is 18.4 Å². The van der Waals surface area contributed by atoms with Gasteiger partial charge in [-0.15, -0.1) is 0 Å². The van der Waals surface area contributed by atoms with Crippen molar-refractivity contribution >= 4 is 11.7 Å². The van der Waals surface area contributed by atoms with Crippen LogP contribution in [-0.2, 0) is 4.79 Å². The molecular formula is C13H13F2NO2. The zero-order valence-corrected chi connectivity index (χ0v) is 9.71. The maximum Gasteiger partial charge on any atom is 0.251 e. The largest absolute Gasteiger partial charge is 0.349 e. The van der Waals surface area contributed by atoms with Crippen LogP contribution in [0.3, 0.4) is 0 Å². The van der Waals surface area contributed by atoms with Gasteiger partial charge in [0.15, 0.2) is 0 Å². The third kappa shape index (κ3) is 3.12. The van der Waals surface area contributed by atoms with Gasteiger partial charge in [0.05, 0.1) is 0 Å². The van der Waals surface area contributed by atoms with E-state index in [1.807, 2.05) is 0 Å². The number of hydrogen-bond acceptors (Lipinski definition) is 2. The number of rotatable bonds is 2. The van der Waals surface area contributed by atoms with E-state index in [-0.39, 0.29) is 17.4 Å². The molecule has 0 aromatic heterocycles. The summed E-state index contributed by atoms with van der Waals surface area (Å²) in [5.74, 6) is -1.87. The lowest BCUT2D eigenvalue weighted by Gasteiger charge is -2.22. The van der Waals surface area contributed by atoms with E-state index in [2.05, 4.69) is 5.32 Å². The third-order valence-electron chi connectivity index (χ3n) is 3.00. The van der Waals surface area contributed by atoms with Gasteiger partial charge >= 0.3 is 0 Å². The SMILES string of the molecule is O=C1CCC(NC(=O)c2cc(F)cc(F)c2)CC1. The number of halogens is 2. The molecule has 96 valence electrons. The molecule has 3 nitrogen and oxygen atoms in total. The van der Waals surface area contributed by atoms with Gasteiger partial charge in [-0.2, -0.15) is 0 Å². The molecule has 1 saturated carbocycles. The van der Waals surface area contributed by atoms with Gasteiger partial charge in [-0.05, 0) is 25.0 Å². The van der Waals surface area contributed by atoms with Gasteiger partial charge in [0.1, 0.15) is 17.4 Å². The summed E-state index contributed by atoms with van der Waals surface area (Å²) >= 11 is 0. The van der Waals surface area contributed by atoms with E-state index in [4.69, 9.17) is 0 Å². The van der Waals surface area contributed by atoms with Crippen LogP contribution in [0.5, 0.6) is 0 Å². The zero-order valence-electron chi connectivity index (χ0n) is 9.71. The summed E-state index contributed by atoms with van der Waals surface area (Å²) in [7, 11) is 0. The summed E-state index contributed by atoms with van der Waals surface area (Å²) in [5.41, 5.74) is -0.0376. The highest BCUT2D eigenvalue weighted by atomic mass is 19.1. The van der Waals surface area contributed by atoms with Crippen LogP contribution in [-0.4, -0.2) is 17.7 Å². The van der Waals surface area contributed by atoms with Crippen LogP contribution in [0.4, 0.5) is 8.78 Å². The quantitative estimate of drug-likeness (QED) is 0.878. The maximum atomic E-state index is 13.0. The minimum absolute atomic E-state index is 0.0376. The molecule has 1 N–H and O–H groups in total. The van der Waals surface area contributed by atoms with E-state index >= 15 is 0 Å². The van der Waals surface area contributed by atoms with Crippen molar-refractivity contribution in [3.05, 3.63) is 35.4 Å². The predicted octanol–water partition coefficient (Wildman–Crippen LogP) is 2.21. The summed E-state index contributed by atoms with van der Waals surface area (Å²) in [6, 6.07) is 2.61. The molecule has 1 aliphatic rings. The molecule has 2 rings (SSSR count). The summed E-state index contributed by atoms with van der Waals surface area (Å²) < 4.78 is 25.9. The Bertz CT molecular complexity index is 458. The highest BCUT2D eigenvalue weighted by Gasteiger charge is 2.21. The second-order valence-corrected chi connectivity index (χ2v) is 4.44. The van der Waals surface area contributed by atoms with Crippen LogP contribution in [0.1, 0.15) is 36.0 Å². The van der Waals surface area contributed by atoms with E-state index in [0.717, 1.165) is 18.2 Å². The van der Waals surface area contributed by atoms with Crippen LogP contribution >= 0.6 is 0 Å². The first-order valence-corrected chi connectivity index (χ1v) is 5.83. The van der Waals surface area contributed by atoms with Crippen LogP contribution in [0.15, 0.2) is 18.2 Å². The van der Waals surface area contributed by atoms with Crippen molar-refractivity contribution in [2.45, 2.75) is 31.7 Å². The van der Waals surface area contributed by atoms with Crippen LogP contribution < -0.4 is 5.32 Å². The molecule has 0 aliphatic heterocycles. The van der Waals surface area contributed by atoms with Gasteiger partial charge in [0.2, 0.25) is 0 Å². The maximum absolute atomic E-state index is 13.0. The lowest BCUT2D eigenvalue weighted by molar-refractivity contribution is -0.120. The van der Waals surface area contributed by atoms with Crippen molar-refractivity contribution in [2.75, 3.05) is 0 Å². The van der Waals surface area contributed by atoms with Crippen LogP contribution in [0, 0.1) is 11.6 Å². The van der Waals surface area contributed by atoms with Crippen molar-refractivity contribution in [3.63, 3.8) is 0 Å². The number of amides is 1. The Morgan fingerprint density at radius 2 is 1.67 bits per heavy atom. The molecule has 0 radical (unpaired) electrons. The molecule has 0 spiro atoms. The Kier molecular flexibility index (Phi) is 3.69. The molecule has 1 aromatic rings. The molecule has 18 heavy (non-hydrogen) atoms. The molecule has 0 atom stereocenters. The van der Waals surface area contributed by atoms with Crippen molar-refractivity contribution in [1.29, 1.82) is 0 Å². The van der Waals surface area contributed by atoms with E-state index in [1.54, 1.807) is 0 Å². The highest BCUT2D eigenvalue weighted by Crippen LogP contribution is 2.16. The van der Waals surface area contributed by atoms with Gasteiger partial charge in [0, 0.05) is 30.5 Å². The van der Waals surface area contributed by atoms with Crippen molar-refractivity contribution in [1.82, 2.24) is 5.32 Å². The zero-order chi connectivity index (χ0) is 13.1. The summed E-state index contributed by atoms with van der Waals surface area (Å²) in [5, 5.41) is 2.69. The second-order valence-electron chi connectivity index (χ2n) is 4.44. The Morgan fingerprint density at radius 1 is 1.11 bits per heavy atom. The van der Waals surface area contributed by atoms with Crippen LogP contribution in [0.25, 0.3) is 0 Å². The number of carbonyl (C=O) groups is 2. The van der Waals surface area contributed by atoms with Crippen molar-refractivity contribution in [3.8, 4) is 0 Å². The lowest BCUT2D eigenvalue weighted by atomic mass is 9.94. The number of ketones is 1. The van der Waals surface area contributed by atoms with Gasteiger partial charge in [-0.25, -0.2) is 8.78 Å². The number of carbonyl (C=O) groups excluding carboxylic acids is 2. The lowest BCUT2D eigenvalue weighted by Crippen LogP contribution is -2.37. The van der Waals surface area contributed by atoms with Gasteiger partial charge in [-0.3, -0.25) is 9.59 Å². The van der Waals surface area contributed by atoms with E-state index in [9.17, 15) is 18.4 Å². The fourth-order valence-electron chi connectivity index (χ4n) is 2.04. The molecule has 0 bridgehead atoms. The number of benzene rings is 1. The van der Waals surface area contributed by atoms with Gasteiger partial charge in [0.25, 0.3) is 5.91 Å². The Balaban J connectivity index is 2.01. The van der Waals surface area contributed by atoms with E-state index in [0.29, 0.717) is 25.7 Å². The molecular weight excluding hydrogens is 240 g/mol. The summed E-state index contributed by atoms with van der Waals surface area (Å²) in [6.45, 7) is 0. The molecule has 1 aliphatic carbocycles. The average Bonchev–Trinajstić information content (AvgIpc) is 2.31. The molecule has 5 heteroatoms. The Hall–Kier alpha value is -1.78. The third-order valence-corrected chi connectivity index (χ3v) is 3.00. The average molecular weight is 253 g/mol.